The summed E-state index contributed by atoms with van der Waals surface area (Å²) in [7, 11) is -3.60. The smallest absolute Gasteiger partial charge is 0.240 e. The van der Waals surface area contributed by atoms with Gasteiger partial charge in [-0.25, -0.2) is 13.1 Å². The molecule has 0 radical (unpaired) electrons. The van der Waals surface area contributed by atoms with Crippen LogP contribution in [0.2, 0.25) is 5.02 Å². The number of carbonyl (C=O) groups is 1. The predicted molar refractivity (Wildman–Crippen MR) is 97.1 cm³/mol. The van der Waals surface area contributed by atoms with Crippen LogP contribution in [0, 0.1) is 5.92 Å². The average Bonchev–Trinajstić information content (AvgIpc) is 3.03. The fourth-order valence-electron chi connectivity index (χ4n) is 2.49. The third-order valence-corrected chi connectivity index (χ3v) is 5.48. The van der Waals surface area contributed by atoms with Gasteiger partial charge >= 0.3 is 0 Å². The molecule has 0 aromatic heterocycles. The van der Waals surface area contributed by atoms with Gasteiger partial charge in [-0.2, -0.15) is 0 Å². The molecule has 3 N–H and O–H groups in total. The Bertz CT molecular complexity index is 635. The van der Waals surface area contributed by atoms with Gasteiger partial charge in [0.25, 0.3) is 0 Å². The zero-order valence-corrected chi connectivity index (χ0v) is 15.6. The van der Waals surface area contributed by atoms with Gasteiger partial charge in [0.15, 0.2) is 0 Å². The minimum Gasteiger partial charge on any atom is -0.355 e. The zero-order valence-electron chi connectivity index (χ0n) is 13.3. The number of halogens is 2. The molecule has 1 fully saturated rings. The van der Waals surface area contributed by atoms with Crippen molar-refractivity contribution in [3.63, 3.8) is 0 Å². The van der Waals surface area contributed by atoms with Crippen LogP contribution in [-0.2, 0) is 14.8 Å². The van der Waals surface area contributed by atoms with Crippen LogP contribution in [0.5, 0.6) is 0 Å². The monoisotopic (exact) mass is 395 g/mol. The Kier molecular flexibility index (Phi) is 9.01. The highest BCUT2D eigenvalue weighted by Gasteiger charge is 2.16. The maximum atomic E-state index is 12.0. The fraction of sp³-hybridized carbons (Fsp3) is 0.533. The van der Waals surface area contributed by atoms with Gasteiger partial charge in [-0.3, -0.25) is 4.79 Å². The number of benzene rings is 1. The highest BCUT2D eigenvalue weighted by Crippen LogP contribution is 2.15. The second kappa shape index (κ2) is 10.2. The lowest BCUT2D eigenvalue weighted by atomic mass is 10.0. The SMILES string of the molecule is Cl.O=C(CCC1CCNC1)NCCNS(=O)(=O)c1cccc(Cl)c1. The van der Waals surface area contributed by atoms with E-state index in [1.165, 1.54) is 12.1 Å². The summed E-state index contributed by atoms with van der Waals surface area (Å²) in [5.41, 5.74) is 0. The number of amides is 1. The Hall–Kier alpha value is -0.860. The van der Waals surface area contributed by atoms with E-state index < -0.39 is 10.0 Å². The standard InChI is InChI=1S/C15H22ClN3O3S.ClH/c16-13-2-1-3-14(10-13)23(21,22)19-9-8-18-15(20)5-4-12-6-7-17-11-12;/h1-3,10,12,17,19H,4-9,11H2,(H,18,20);1H. The van der Waals surface area contributed by atoms with E-state index in [4.69, 9.17) is 11.6 Å². The summed E-state index contributed by atoms with van der Waals surface area (Å²) < 4.78 is 26.5. The van der Waals surface area contributed by atoms with Crippen molar-refractivity contribution in [1.29, 1.82) is 0 Å². The lowest BCUT2D eigenvalue weighted by molar-refractivity contribution is -0.121. The van der Waals surface area contributed by atoms with Crippen molar-refractivity contribution in [1.82, 2.24) is 15.4 Å². The third-order valence-electron chi connectivity index (χ3n) is 3.79. The Morgan fingerprint density at radius 3 is 2.79 bits per heavy atom. The van der Waals surface area contributed by atoms with Gasteiger partial charge in [0.05, 0.1) is 4.90 Å². The van der Waals surface area contributed by atoms with Crippen molar-refractivity contribution < 1.29 is 13.2 Å². The molecule has 1 atom stereocenters. The molecule has 1 aromatic carbocycles. The van der Waals surface area contributed by atoms with Gasteiger partial charge in [-0.15, -0.1) is 12.4 Å². The van der Waals surface area contributed by atoms with Crippen LogP contribution < -0.4 is 15.4 Å². The molecule has 24 heavy (non-hydrogen) atoms. The van der Waals surface area contributed by atoms with E-state index in [9.17, 15) is 13.2 Å². The molecule has 1 heterocycles. The molecule has 0 spiro atoms. The predicted octanol–water partition coefficient (Wildman–Crippen LogP) is 1.55. The van der Waals surface area contributed by atoms with Crippen molar-refractivity contribution >= 4 is 39.9 Å². The summed E-state index contributed by atoms with van der Waals surface area (Å²) in [6.07, 6.45) is 2.47. The largest absolute Gasteiger partial charge is 0.355 e. The number of carbonyl (C=O) groups excluding carboxylic acids is 1. The topological polar surface area (TPSA) is 87.3 Å². The fourth-order valence-corrected chi connectivity index (χ4v) is 3.82. The van der Waals surface area contributed by atoms with E-state index in [-0.39, 0.29) is 36.3 Å². The normalized spacial score (nSPS) is 17.3. The second-order valence-electron chi connectivity index (χ2n) is 5.60. The van der Waals surface area contributed by atoms with Crippen LogP contribution >= 0.6 is 24.0 Å². The summed E-state index contributed by atoms with van der Waals surface area (Å²) in [4.78, 5) is 11.8. The maximum Gasteiger partial charge on any atom is 0.240 e. The molecule has 0 saturated carbocycles. The number of rotatable bonds is 8. The molecule has 9 heteroatoms. The minimum atomic E-state index is -3.60. The maximum absolute atomic E-state index is 12.0. The Morgan fingerprint density at radius 2 is 2.12 bits per heavy atom. The van der Waals surface area contributed by atoms with E-state index in [1.54, 1.807) is 12.1 Å². The van der Waals surface area contributed by atoms with Gasteiger partial charge in [0.1, 0.15) is 0 Å². The molecule has 1 unspecified atom stereocenters. The quantitative estimate of drug-likeness (QED) is 0.582. The molecular weight excluding hydrogens is 373 g/mol. The zero-order chi connectivity index (χ0) is 16.7. The van der Waals surface area contributed by atoms with Gasteiger partial charge in [-0.05, 0) is 50.0 Å². The van der Waals surface area contributed by atoms with Crippen LogP contribution in [0.4, 0.5) is 0 Å². The second-order valence-corrected chi connectivity index (χ2v) is 7.81. The Labute approximate surface area is 154 Å². The van der Waals surface area contributed by atoms with Gasteiger partial charge < -0.3 is 10.6 Å². The first-order valence-electron chi connectivity index (χ1n) is 7.70. The van der Waals surface area contributed by atoms with Gasteiger partial charge in [0, 0.05) is 24.5 Å². The molecule has 1 saturated heterocycles. The van der Waals surface area contributed by atoms with Crippen LogP contribution in [0.1, 0.15) is 19.3 Å². The molecule has 6 nitrogen and oxygen atoms in total. The molecular formula is C15H23Cl2N3O3S. The van der Waals surface area contributed by atoms with Crippen molar-refractivity contribution in [2.75, 3.05) is 26.2 Å². The Balaban J connectivity index is 0.00000288. The van der Waals surface area contributed by atoms with Crippen molar-refractivity contribution in [3.8, 4) is 0 Å². The first-order chi connectivity index (χ1) is 11.0. The molecule has 1 aliphatic rings. The van der Waals surface area contributed by atoms with E-state index >= 15 is 0 Å². The summed E-state index contributed by atoms with van der Waals surface area (Å²) in [6, 6.07) is 6.05. The summed E-state index contributed by atoms with van der Waals surface area (Å²) in [5, 5.41) is 6.36. The van der Waals surface area contributed by atoms with Crippen LogP contribution in [0.15, 0.2) is 29.2 Å². The Morgan fingerprint density at radius 1 is 1.33 bits per heavy atom. The third kappa shape index (κ3) is 6.94. The molecule has 136 valence electrons. The number of nitrogens with one attached hydrogen (secondary N) is 3. The minimum absolute atomic E-state index is 0. The van der Waals surface area contributed by atoms with E-state index in [2.05, 4.69) is 15.4 Å². The van der Waals surface area contributed by atoms with Crippen molar-refractivity contribution in [2.24, 2.45) is 5.92 Å². The van der Waals surface area contributed by atoms with Crippen molar-refractivity contribution in [3.05, 3.63) is 29.3 Å². The van der Waals surface area contributed by atoms with Gasteiger partial charge in [0.2, 0.25) is 15.9 Å². The number of sulfonamides is 1. The van der Waals surface area contributed by atoms with E-state index in [0.717, 1.165) is 25.9 Å². The molecule has 1 aliphatic heterocycles. The van der Waals surface area contributed by atoms with E-state index in [0.29, 0.717) is 17.4 Å². The first kappa shape index (κ1) is 21.2. The molecule has 0 aliphatic carbocycles. The first-order valence-corrected chi connectivity index (χ1v) is 9.56. The number of hydrogen-bond acceptors (Lipinski definition) is 4. The lowest BCUT2D eigenvalue weighted by Gasteiger charge is -2.10. The van der Waals surface area contributed by atoms with Crippen LogP contribution in [-0.4, -0.2) is 40.5 Å². The molecule has 2 rings (SSSR count). The summed E-state index contributed by atoms with van der Waals surface area (Å²) >= 11 is 5.79. The highest BCUT2D eigenvalue weighted by molar-refractivity contribution is 7.89. The van der Waals surface area contributed by atoms with Crippen LogP contribution in [0.25, 0.3) is 0 Å². The molecule has 1 amide bonds. The lowest BCUT2D eigenvalue weighted by Crippen LogP contribution is -2.34. The van der Waals surface area contributed by atoms with Crippen molar-refractivity contribution in [2.45, 2.75) is 24.2 Å². The van der Waals surface area contributed by atoms with Gasteiger partial charge in [-0.1, -0.05) is 17.7 Å². The summed E-state index contributed by atoms with van der Waals surface area (Å²) in [5.74, 6) is 0.529. The average molecular weight is 396 g/mol. The molecule has 1 aromatic rings. The summed E-state index contributed by atoms with van der Waals surface area (Å²) in [6.45, 7) is 2.41. The number of hydrogen-bond donors (Lipinski definition) is 3. The van der Waals surface area contributed by atoms with E-state index in [1.807, 2.05) is 0 Å². The molecule has 0 bridgehead atoms. The van der Waals surface area contributed by atoms with Crippen LogP contribution in [0.3, 0.4) is 0 Å². The highest BCUT2D eigenvalue weighted by atomic mass is 35.5.